The van der Waals surface area contributed by atoms with Crippen molar-refractivity contribution in [2.75, 3.05) is 7.11 Å². The Hall–Kier alpha value is -0.0100. The molecule has 202 valence electrons. The van der Waals surface area contributed by atoms with Crippen LogP contribution in [0.15, 0.2) is 6.07 Å². The molecule has 1 aromatic rings. The van der Waals surface area contributed by atoms with Crippen LogP contribution in [-0.4, -0.2) is 21.9 Å². The average molecular weight is 638 g/mol. The van der Waals surface area contributed by atoms with E-state index in [0.717, 1.165) is 25.0 Å². The molecule has 0 aliphatic heterocycles. The molecule has 0 radical (unpaired) electrons. The molecule has 3 nitrogen and oxygen atoms in total. The van der Waals surface area contributed by atoms with E-state index >= 15 is 0 Å². The van der Waals surface area contributed by atoms with Gasteiger partial charge in [0.25, 0.3) is 0 Å². The summed E-state index contributed by atoms with van der Waals surface area (Å²) in [5, 5.41) is 0. The third kappa shape index (κ3) is 10.00. The Morgan fingerprint density at radius 2 is 1.57 bits per heavy atom. The van der Waals surface area contributed by atoms with Crippen LogP contribution in [0.1, 0.15) is 144 Å². The molecule has 3 rings (SSSR count). The SMILES string of the molecule is COC(=O)c1sc(C2CCCCCCCC(C)(C)CCC2)cc1O[I-]C1CCCCC(C)(Cl)CC1. The second-order valence-corrected chi connectivity index (χ2v) is 16.6. The van der Waals surface area contributed by atoms with Gasteiger partial charge in [0.05, 0.1) is 0 Å². The molecule has 2 aliphatic carbocycles. The van der Waals surface area contributed by atoms with E-state index in [2.05, 4.69) is 26.8 Å². The third-order valence-corrected chi connectivity index (χ3v) is 12.3. The summed E-state index contributed by atoms with van der Waals surface area (Å²) in [4.78, 5) is 14.6. The van der Waals surface area contributed by atoms with Gasteiger partial charge in [-0.2, -0.15) is 0 Å². The molecule has 0 aromatic carbocycles. The molecule has 0 bridgehead atoms. The monoisotopic (exact) mass is 637 g/mol. The zero-order chi connectivity index (χ0) is 25.3. The van der Waals surface area contributed by atoms with Crippen LogP contribution in [0, 0.1) is 5.41 Å². The predicted octanol–water partition coefficient (Wildman–Crippen LogP) is 6.66. The number of methoxy groups -OCH3 is 1. The van der Waals surface area contributed by atoms with Crippen LogP contribution in [0.5, 0.6) is 5.75 Å². The Kier molecular flexibility index (Phi) is 12.0. The maximum atomic E-state index is 12.7. The Morgan fingerprint density at radius 1 is 0.914 bits per heavy atom. The van der Waals surface area contributed by atoms with Crippen molar-refractivity contribution < 1.29 is 34.2 Å². The fraction of sp³-hybridized carbons (Fsp3) is 0.828. The molecular weight excluding hydrogens is 591 g/mol. The molecule has 2 fully saturated rings. The van der Waals surface area contributed by atoms with Crippen molar-refractivity contribution in [1.82, 2.24) is 0 Å². The number of carbonyl (C=O) groups excluding carboxylic acids is 1. The number of hydrogen-bond acceptors (Lipinski definition) is 4. The fourth-order valence-corrected chi connectivity index (χ4v) is 9.38. The fourth-order valence-electron chi connectivity index (χ4n) is 5.58. The van der Waals surface area contributed by atoms with Gasteiger partial charge >= 0.3 is 235 Å². The summed E-state index contributed by atoms with van der Waals surface area (Å²) >= 11 is 7.83. The Bertz CT molecular complexity index is 791. The van der Waals surface area contributed by atoms with Crippen molar-refractivity contribution in [3.63, 3.8) is 0 Å². The van der Waals surface area contributed by atoms with Gasteiger partial charge in [-0.05, 0) is 0 Å². The van der Waals surface area contributed by atoms with E-state index in [-0.39, 0.29) is 10.8 Å². The standard InChI is InChI=1S/C29H47ClIO3S/c1-28(2)17-10-7-5-6-8-13-22(14-12-18-28)25-21-24(26(35-25)27(32)33-4)34-31-23-15-9-11-19-29(3,30)20-16-23/h21-23H,5-20H2,1-4H3/q-1. The molecule has 2 aliphatic rings. The molecule has 0 spiro atoms. The van der Waals surface area contributed by atoms with Crippen molar-refractivity contribution in [3.8, 4) is 5.75 Å². The van der Waals surface area contributed by atoms with Crippen LogP contribution < -0.4 is 24.7 Å². The van der Waals surface area contributed by atoms with Gasteiger partial charge in [-0.25, -0.2) is 0 Å². The molecular formula is C29H47ClIO3S-. The van der Waals surface area contributed by atoms with E-state index in [4.69, 9.17) is 19.4 Å². The van der Waals surface area contributed by atoms with E-state index in [0.29, 0.717) is 20.1 Å². The minimum absolute atomic E-state index is 0.0720. The number of ether oxygens (including phenoxy) is 1. The van der Waals surface area contributed by atoms with Crippen molar-refractivity contribution in [2.45, 2.75) is 138 Å². The van der Waals surface area contributed by atoms with Crippen LogP contribution in [0.2, 0.25) is 0 Å². The molecule has 3 unspecified atom stereocenters. The maximum absolute atomic E-state index is 12.7. The van der Waals surface area contributed by atoms with E-state index in [1.54, 1.807) is 11.3 Å². The third-order valence-electron chi connectivity index (χ3n) is 8.00. The van der Waals surface area contributed by atoms with Gasteiger partial charge in [0.15, 0.2) is 0 Å². The van der Waals surface area contributed by atoms with Gasteiger partial charge in [-0.15, -0.1) is 0 Å². The van der Waals surface area contributed by atoms with Crippen molar-refractivity contribution in [3.05, 3.63) is 15.8 Å². The molecule has 1 heterocycles. The summed E-state index contributed by atoms with van der Waals surface area (Å²) in [5.74, 6) is 1.06. The van der Waals surface area contributed by atoms with E-state index in [9.17, 15) is 4.79 Å². The summed E-state index contributed by atoms with van der Waals surface area (Å²) in [7, 11) is 1.48. The molecule has 35 heavy (non-hydrogen) atoms. The van der Waals surface area contributed by atoms with Gasteiger partial charge in [-0.3, -0.25) is 0 Å². The van der Waals surface area contributed by atoms with Crippen LogP contribution >= 0.6 is 22.9 Å². The van der Waals surface area contributed by atoms with Gasteiger partial charge in [0, 0.05) is 0 Å². The molecule has 6 heteroatoms. The van der Waals surface area contributed by atoms with Crippen LogP contribution in [-0.2, 0) is 4.74 Å². The molecule has 0 saturated heterocycles. The topological polar surface area (TPSA) is 35.5 Å². The first-order valence-electron chi connectivity index (χ1n) is 13.9. The first-order chi connectivity index (χ1) is 16.7. The Balaban J connectivity index is 1.70. The number of halogens is 2. The van der Waals surface area contributed by atoms with E-state index in [1.807, 2.05) is 0 Å². The second kappa shape index (κ2) is 14.2. The zero-order valence-electron chi connectivity index (χ0n) is 22.4. The second-order valence-electron chi connectivity index (χ2n) is 11.9. The Labute approximate surface area is 234 Å². The number of carbonyl (C=O) groups is 1. The number of esters is 1. The van der Waals surface area contributed by atoms with Gasteiger partial charge in [-0.1, -0.05) is 0 Å². The summed E-state index contributed by atoms with van der Waals surface area (Å²) < 4.78 is 12.2. The van der Waals surface area contributed by atoms with Crippen molar-refractivity contribution >= 4 is 28.9 Å². The summed E-state index contributed by atoms with van der Waals surface area (Å²) in [6.07, 6.45) is 20.0. The number of thiophene rings is 1. The van der Waals surface area contributed by atoms with Crippen molar-refractivity contribution in [2.24, 2.45) is 5.41 Å². The molecule has 1 aromatic heterocycles. The molecule has 3 atom stereocenters. The summed E-state index contributed by atoms with van der Waals surface area (Å²) in [6.45, 7) is 7.05. The zero-order valence-corrected chi connectivity index (χ0v) is 26.2. The number of alkyl halides is 2. The Morgan fingerprint density at radius 3 is 2.37 bits per heavy atom. The van der Waals surface area contributed by atoms with Crippen LogP contribution in [0.3, 0.4) is 0 Å². The minimum atomic E-state index is -0.497. The molecule has 0 N–H and O–H groups in total. The van der Waals surface area contributed by atoms with Crippen LogP contribution in [0.25, 0.3) is 0 Å². The van der Waals surface area contributed by atoms with Crippen LogP contribution in [0.4, 0.5) is 0 Å². The van der Waals surface area contributed by atoms with Gasteiger partial charge in [0.2, 0.25) is 0 Å². The predicted molar refractivity (Wildman–Crippen MR) is 145 cm³/mol. The van der Waals surface area contributed by atoms with Gasteiger partial charge in [0.1, 0.15) is 0 Å². The summed E-state index contributed by atoms with van der Waals surface area (Å²) in [6, 6.07) is 2.20. The average Bonchev–Trinajstić information content (AvgIpc) is 3.22. The van der Waals surface area contributed by atoms with Gasteiger partial charge < -0.3 is 0 Å². The van der Waals surface area contributed by atoms with Crippen molar-refractivity contribution in [1.29, 1.82) is 0 Å². The molecule has 0 amide bonds. The quantitative estimate of drug-likeness (QED) is 0.206. The molecule has 2 saturated carbocycles. The van der Waals surface area contributed by atoms with E-state index < -0.39 is 21.6 Å². The summed E-state index contributed by atoms with van der Waals surface area (Å²) in [5.41, 5.74) is 0.436. The first-order valence-corrected chi connectivity index (χ1v) is 17.2. The number of hydrogen-bond donors (Lipinski definition) is 0. The van der Waals surface area contributed by atoms with E-state index in [1.165, 1.54) is 95.5 Å². The number of rotatable bonds is 5. The normalized spacial score (nSPS) is 29.3. The first kappa shape index (κ1) is 29.5.